The number of ether oxygens (including phenoxy) is 2. The Morgan fingerprint density at radius 2 is 0.800 bits per heavy atom. The Bertz CT molecular complexity index is 3040. The number of hydrogen-bond acceptors (Lipinski definition) is 10. The van der Waals surface area contributed by atoms with Crippen molar-refractivity contribution in [2.24, 2.45) is 0 Å². The first-order valence-corrected chi connectivity index (χ1v) is 20.6. The zero-order valence-electron chi connectivity index (χ0n) is 31.4. The van der Waals surface area contributed by atoms with Crippen LogP contribution >= 0.6 is 22.7 Å². The van der Waals surface area contributed by atoms with E-state index >= 15 is 0 Å². The second kappa shape index (κ2) is 14.8. The molecule has 10 heteroatoms. The van der Waals surface area contributed by atoms with Crippen LogP contribution < -0.4 is 0 Å². The van der Waals surface area contributed by atoms with Crippen LogP contribution in [0.25, 0.3) is 54.2 Å². The fraction of sp³-hybridized carbons (Fsp3) is 0.0400. The molecule has 2 aliphatic rings. The minimum absolute atomic E-state index is 0.0280. The smallest absolute Gasteiger partial charge is 0.339 e. The topological polar surface area (TPSA) is 121 Å². The first kappa shape index (κ1) is 36.9. The first-order valence-electron chi connectivity index (χ1n) is 18.9. The Hall–Kier alpha value is -7.40. The van der Waals surface area contributed by atoms with E-state index in [1.54, 1.807) is 84.9 Å². The van der Waals surface area contributed by atoms with Crippen LogP contribution in [0.15, 0.2) is 133 Å². The van der Waals surface area contributed by atoms with Crippen LogP contribution in [-0.4, -0.2) is 35.1 Å². The van der Waals surface area contributed by atoms with Crippen LogP contribution in [0.4, 0.5) is 0 Å². The first-order chi connectivity index (χ1) is 29.2. The normalized spacial score (nSPS) is 14.8. The lowest BCUT2D eigenvalue weighted by atomic mass is 9.98. The van der Waals surface area contributed by atoms with E-state index in [1.807, 2.05) is 60.7 Å². The molecule has 0 saturated heterocycles. The second-order valence-corrected chi connectivity index (χ2v) is 16.5. The summed E-state index contributed by atoms with van der Waals surface area (Å²) < 4.78 is 13.1. The van der Waals surface area contributed by atoms with Crippen LogP contribution in [0.1, 0.15) is 73.4 Å². The standard InChI is InChI=1S/C50H28O8S2/c51-43-33-17-9-7-15-31(33)35(45(43)53)19-29-21-37-41(49(55)57-25-27-11-3-1-4-12-27)23-39-40(47(37)59-29)24-42(50(56)58-26-28-13-5-2-6-14-28)38-22-30(60-48(38)39)20-36-32-16-8-10-18-34(32)44(52)46(36)54/h1-24H,25-26H2/b35-19-,36-20-. The number of hydrogen-bond donors (Lipinski definition) is 0. The fourth-order valence-corrected chi connectivity index (χ4v) is 10.1. The molecule has 0 amide bonds. The van der Waals surface area contributed by atoms with Crippen LogP contribution in [-0.2, 0) is 32.3 Å². The molecule has 8 aromatic rings. The molecule has 10 rings (SSSR count). The van der Waals surface area contributed by atoms with Gasteiger partial charge >= 0.3 is 11.9 Å². The Kier molecular flexibility index (Phi) is 9.08. The number of fused-ring (bicyclic) bond motifs is 7. The number of esters is 2. The Morgan fingerprint density at radius 1 is 0.433 bits per heavy atom. The van der Waals surface area contributed by atoms with E-state index in [4.69, 9.17) is 9.47 Å². The predicted molar refractivity (Wildman–Crippen MR) is 233 cm³/mol. The summed E-state index contributed by atoms with van der Waals surface area (Å²) in [7, 11) is 0. The zero-order chi connectivity index (χ0) is 41.1. The van der Waals surface area contributed by atoms with Crippen molar-refractivity contribution >= 4 is 112 Å². The summed E-state index contributed by atoms with van der Waals surface area (Å²) in [6, 6.07) is 39.4. The largest absolute Gasteiger partial charge is 0.457 e. The summed E-state index contributed by atoms with van der Waals surface area (Å²) >= 11 is 2.63. The predicted octanol–water partition coefficient (Wildman–Crippen LogP) is 10.6. The molecule has 0 aliphatic heterocycles. The average Bonchev–Trinajstić information content (AvgIpc) is 4.03. The van der Waals surface area contributed by atoms with E-state index < -0.39 is 35.1 Å². The highest BCUT2D eigenvalue weighted by molar-refractivity contribution is 7.22. The van der Waals surface area contributed by atoms with Gasteiger partial charge in [0.2, 0.25) is 23.1 Å². The third-order valence-corrected chi connectivity index (χ3v) is 12.9. The number of carbonyl (C=O) groups excluding carboxylic acids is 6. The average molecular weight is 821 g/mol. The van der Waals surface area contributed by atoms with Gasteiger partial charge in [-0.1, -0.05) is 109 Å². The van der Waals surface area contributed by atoms with Crippen molar-refractivity contribution in [2.75, 3.05) is 0 Å². The maximum Gasteiger partial charge on any atom is 0.339 e. The summed E-state index contributed by atoms with van der Waals surface area (Å²) in [6.45, 7) is 0.0559. The zero-order valence-corrected chi connectivity index (χ0v) is 33.0. The summed E-state index contributed by atoms with van der Waals surface area (Å²) in [4.78, 5) is 81.9. The molecular formula is C50H28O8S2. The minimum Gasteiger partial charge on any atom is -0.457 e. The molecule has 60 heavy (non-hydrogen) atoms. The van der Waals surface area contributed by atoms with E-state index in [0.29, 0.717) is 63.0 Å². The highest BCUT2D eigenvalue weighted by atomic mass is 32.1. The van der Waals surface area contributed by atoms with E-state index in [1.165, 1.54) is 22.7 Å². The molecule has 0 N–H and O–H groups in total. The van der Waals surface area contributed by atoms with Gasteiger partial charge in [-0.05, 0) is 58.7 Å². The van der Waals surface area contributed by atoms with Crippen molar-refractivity contribution in [1.82, 2.24) is 0 Å². The monoisotopic (exact) mass is 820 g/mol. The fourth-order valence-electron chi connectivity index (χ4n) is 7.81. The van der Waals surface area contributed by atoms with Crippen molar-refractivity contribution in [3.8, 4) is 0 Å². The van der Waals surface area contributed by atoms with Gasteiger partial charge in [0.05, 0.1) is 11.1 Å². The van der Waals surface area contributed by atoms with Crippen molar-refractivity contribution in [1.29, 1.82) is 0 Å². The molecule has 2 aromatic heterocycles. The molecule has 2 heterocycles. The van der Waals surface area contributed by atoms with Crippen molar-refractivity contribution < 1.29 is 38.2 Å². The number of thiophene rings is 2. The molecular weight excluding hydrogens is 793 g/mol. The lowest BCUT2D eigenvalue weighted by molar-refractivity contribution is -0.110. The molecule has 0 bridgehead atoms. The van der Waals surface area contributed by atoms with Gasteiger partial charge in [0, 0.05) is 63.0 Å². The Balaban J connectivity index is 1.19. The lowest BCUT2D eigenvalue weighted by Crippen LogP contribution is -2.07. The number of allylic oxidation sites excluding steroid dienone is 2. The molecule has 0 radical (unpaired) electrons. The molecule has 0 atom stereocenters. The van der Waals surface area contributed by atoms with E-state index in [0.717, 1.165) is 11.1 Å². The van der Waals surface area contributed by atoms with Gasteiger partial charge in [0.1, 0.15) is 13.2 Å². The lowest BCUT2D eigenvalue weighted by Gasteiger charge is -2.12. The summed E-state index contributed by atoms with van der Waals surface area (Å²) in [6.07, 6.45) is 3.34. The van der Waals surface area contributed by atoms with Gasteiger partial charge in [0.15, 0.2) is 0 Å². The number of ketones is 4. The van der Waals surface area contributed by atoms with E-state index in [2.05, 4.69) is 0 Å². The number of rotatable bonds is 8. The third-order valence-electron chi connectivity index (χ3n) is 10.7. The molecule has 0 fully saturated rings. The number of Topliss-reactive ketones (excluding diaryl/α,β-unsaturated/α-hetero) is 4. The third kappa shape index (κ3) is 6.30. The summed E-state index contributed by atoms with van der Waals surface area (Å²) in [5, 5.41) is 2.37. The minimum atomic E-state index is -0.614. The van der Waals surface area contributed by atoms with Crippen molar-refractivity contribution in [3.05, 3.63) is 188 Å². The maximum absolute atomic E-state index is 14.2. The van der Waals surface area contributed by atoms with Crippen molar-refractivity contribution in [2.45, 2.75) is 13.2 Å². The van der Waals surface area contributed by atoms with Crippen molar-refractivity contribution in [3.63, 3.8) is 0 Å². The van der Waals surface area contributed by atoms with E-state index in [-0.39, 0.29) is 35.5 Å². The molecule has 8 nitrogen and oxygen atoms in total. The van der Waals surface area contributed by atoms with Gasteiger partial charge in [-0.15, -0.1) is 22.7 Å². The molecule has 2 aliphatic carbocycles. The molecule has 0 unspecified atom stereocenters. The Labute approximate surface area is 349 Å². The highest BCUT2D eigenvalue weighted by Crippen LogP contribution is 2.45. The van der Waals surface area contributed by atoms with Gasteiger partial charge in [-0.3, -0.25) is 19.2 Å². The number of carbonyl (C=O) groups is 6. The molecule has 288 valence electrons. The van der Waals surface area contributed by atoms with Gasteiger partial charge in [-0.25, -0.2) is 9.59 Å². The maximum atomic E-state index is 14.2. The van der Waals surface area contributed by atoms with Gasteiger partial charge in [0.25, 0.3) is 0 Å². The summed E-state index contributed by atoms with van der Waals surface area (Å²) in [5.74, 6) is -3.54. The van der Waals surface area contributed by atoms with Crippen LogP contribution in [0.3, 0.4) is 0 Å². The Morgan fingerprint density at radius 3 is 1.20 bits per heavy atom. The van der Waals surface area contributed by atoms with Gasteiger partial charge in [-0.2, -0.15) is 0 Å². The SMILES string of the molecule is O=C1C(=O)c2ccccc2/C1=C/c1cc2c(C(=O)OCc3ccccc3)cc3c(cc(C(=O)OCc4ccccc4)c4cc(/C=C5\C(=O)C(=O)c6ccccc65)sc43)c2s1. The van der Waals surface area contributed by atoms with Crippen LogP contribution in [0, 0.1) is 0 Å². The molecule has 6 aromatic carbocycles. The molecule has 0 spiro atoms. The van der Waals surface area contributed by atoms with E-state index in [9.17, 15) is 28.8 Å². The second-order valence-electron chi connectivity index (χ2n) is 14.4. The summed E-state index contributed by atoms with van der Waals surface area (Å²) in [5.41, 5.74) is 4.39. The quantitative estimate of drug-likeness (QED) is 0.0844. The molecule has 0 saturated carbocycles. The van der Waals surface area contributed by atoms with Gasteiger partial charge < -0.3 is 9.47 Å². The van der Waals surface area contributed by atoms with Crippen LogP contribution in [0.5, 0.6) is 0 Å². The highest BCUT2D eigenvalue weighted by Gasteiger charge is 2.34. The number of benzene rings is 6. The van der Waals surface area contributed by atoms with Crippen LogP contribution in [0.2, 0.25) is 0 Å².